The second-order valence-corrected chi connectivity index (χ2v) is 5.12. The molecular formula is C12H22N2O2. The third-order valence-corrected chi connectivity index (χ3v) is 3.81. The normalized spacial score (nSPS) is 25.0. The number of rotatable bonds is 4. The average Bonchev–Trinajstić information content (AvgIpc) is 2.73. The molecule has 2 fully saturated rings. The topological polar surface area (TPSA) is 43.8 Å². The van der Waals surface area contributed by atoms with Crippen LogP contribution in [0.1, 0.15) is 25.7 Å². The van der Waals surface area contributed by atoms with E-state index in [2.05, 4.69) is 4.90 Å². The summed E-state index contributed by atoms with van der Waals surface area (Å²) >= 11 is 0. The van der Waals surface area contributed by atoms with Crippen molar-refractivity contribution in [2.24, 2.45) is 5.92 Å². The van der Waals surface area contributed by atoms with E-state index in [1.54, 1.807) is 0 Å². The van der Waals surface area contributed by atoms with E-state index in [1.807, 2.05) is 4.90 Å². The van der Waals surface area contributed by atoms with Gasteiger partial charge in [0.2, 0.25) is 0 Å². The Hall–Kier alpha value is -0.610. The maximum atomic E-state index is 10.6. The van der Waals surface area contributed by atoms with E-state index in [1.165, 1.54) is 32.2 Å². The van der Waals surface area contributed by atoms with Gasteiger partial charge in [0.25, 0.3) is 0 Å². The Morgan fingerprint density at radius 3 is 2.19 bits per heavy atom. The zero-order valence-corrected chi connectivity index (χ0v) is 9.90. The highest BCUT2D eigenvalue weighted by Gasteiger charge is 2.22. The standard InChI is InChI=1S/C12H22N2O2/c15-12(16)10-14-7-5-13(6-8-14)9-11-3-1-2-4-11/h11H,1-10H2,(H,15,16). The molecule has 0 radical (unpaired) electrons. The smallest absolute Gasteiger partial charge is 0.317 e. The summed E-state index contributed by atoms with van der Waals surface area (Å²) in [6.45, 7) is 5.36. The van der Waals surface area contributed by atoms with E-state index >= 15 is 0 Å². The van der Waals surface area contributed by atoms with Gasteiger partial charge in [-0.1, -0.05) is 12.8 Å². The third kappa shape index (κ3) is 3.46. The van der Waals surface area contributed by atoms with Crippen LogP contribution in [-0.2, 0) is 4.79 Å². The van der Waals surface area contributed by atoms with Crippen LogP contribution in [0.4, 0.5) is 0 Å². The molecule has 0 aromatic rings. The molecule has 1 heterocycles. The van der Waals surface area contributed by atoms with E-state index in [-0.39, 0.29) is 6.54 Å². The molecule has 0 aromatic heterocycles. The lowest BCUT2D eigenvalue weighted by Crippen LogP contribution is -2.48. The molecule has 92 valence electrons. The highest BCUT2D eigenvalue weighted by molar-refractivity contribution is 5.69. The van der Waals surface area contributed by atoms with Crippen molar-refractivity contribution >= 4 is 5.97 Å². The average molecular weight is 226 g/mol. The summed E-state index contributed by atoms with van der Waals surface area (Å²) in [7, 11) is 0. The van der Waals surface area contributed by atoms with Crippen molar-refractivity contribution in [3.63, 3.8) is 0 Å². The lowest BCUT2D eigenvalue weighted by atomic mass is 10.1. The molecule has 0 spiro atoms. The molecule has 0 aromatic carbocycles. The lowest BCUT2D eigenvalue weighted by Gasteiger charge is -2.35. The van der Waals surface area contributed by atoms with Gasteiger partial charge in [-0.2, -0.15) is 0 Å². The van der Waals surface area contributed by atoms with Crippen molar-refractivity contribution in [3.05, 3.63) is 0 Å². The van der Waals surface area contributed by atoms with Gasteiger partial charge in [0.05, 0.1) is 6.54 Å². The minimum atomic E-state index is -0.704. The first-order valence-corrected chi connectivity index (χ1v) is 6.40. The molecule has 4 heteroatoms. The summed E-state index contributed by atoms with van der Waals surface area (Å²) in [4.78, 5) is 15.1. The first-order chi connectivity index (χ1) is 7.74. The van der Waals surface area contributed by atoms with Gasteiger partial charge in [0, 0.05) is 32.7 Å². The van der Waals surface area contributed by atoms with Crippen LogP contribution in [0, 0.1) is 5.92 Å². The Bertz CT molecular complexity index is 231. The van der Waals surface area contributed by atoms with Crippen molar-refractivity contribution < 1.29 is 9.90 Å². The fourth-order valence-electron chi connectivity index (χ4n) is 2.88. The Morgan fingerprint density at radius 2 is 1.62 bits per heavy atom. The third-order valence-electron chi connectivity index (χ3n) is 3.81. The van der Waals surface area contributed by atoms with Gasteiger partial charge in [0.1, 0.15) is 0 Å². The van der Waals surface area contributed by atoms with Crippen LogP contribution in [0.2, 0.25) is 0 Å². The first kappa shape index (κ1) is 11.9. The second kappa shape index (κ2) is 5.64. The number of hydrogen-bond donors (Lipinski definition) is 1. The number of carboxylic acid groups (broad SMARTS) is 1. The van der Waals surface area contributed by atoms with Gasteiger partial charge in [-0.05, 0) is 18.8 Å². The molecule has 0 bridgehead atoms. The predicted molar refractivity (Wildman–Crippen MR) is 62.5 cm³/mol. The first-order valence-electron chi connectivity index (χ1n) is 6.40. The van der Waals surface area contributed by atoms with Gasteiger partial charge in [-0.3, -0.25) is 9.69 Å². The summed E-state index contributed by atoms with van der Waals surface area (Å²) in [6, 6.07) is 0. The second-order valence-electron chi connectivity index (χ2n) is 5.12. The quantitative estimate of drug-likeness (QED) is 0.773. The van der Waals surface area contributed by atoms with E-state index in [0.717, 1.165) is 32.1 Å². The maximum Gasteiger partial charge on any atom is 0.317 e. The number of aliphatic carboxylic acids is 1. The van der Waals surface area contributed by atoms with Crippen LogP contribution in [0.25, 0.3) is 0 Å². The molecule has 2 rings (SSSR count). The molecule has 4 nitrogen and oxygen atoms in total. The van der Waals surface area contributed by atoms with Crippen LogP contribution in [0.3, 0.4) is 0 Å². The van der Waals surface area contributed by atoms with Crippen molar-refractivity contribution in [1.82, 2.24) is 9.80 Å². The Labute approximate surface area is 97.2 Å². The number of piperazine rings is 1. The van der Waals surface area contributed by atoms with Crippen LogP contribution < -0.4 is 0 Å². The SMILES string of the molecule is O=C(O)CN1CCN(CC2CCCC2)CC1. The maximum absolute atomic E-state index is 10.6. The molecular weight excluding hydrogens is 204 g/mol. The Kier molecular flexibility index (Phi) is 4.18. The zero-order valence-electron chi connectivity index (χ0n) is 9.90. The predicted octanol–water partition coefficient (Wildman–Crippen LogP) is 0.879. The van der Waals surface area contributed by atoms with E-state index in [4.69, 9.17) is 5.11 Å². The van der Waals surface area contributed by atoms with Crippen LogP contribution in [-0.4, -0.2) is 60.1 Å². The lowest BCUT2D eigenvalue weighted by molar-refractivity contribution is -0.138. The molecule has 0 unspecified atom stereocenters. The molecule has 1 aliphatic carbocycles. The van der Waals surface area contributed by atoms with E-state index < -0.39 is 5.97 Å². The number of hydrogen-bond acceptors (Lipinski definition) is 3. The van der Waals surface area contributed by atoms with Crippen LogP contribution >= 0.6 is 0 Å². The highest BCUT2D eigenvalue weighted by atomic mass is 16.4. The van der Waals surface area contributed by atoms with Crippen molar-refractivity contribution in [3.8, 4) is 0 Å². The monoisotopic (exact) mass is 226 g/mol. The van der Waals surface area contributed by atoms with Gasteiger partial charge in [-0.15, -0.1) is 0 Å². The van der Waals surface area contributed by atoms with E-state index in [9.17, 15) is 4.79 Å². The number of carboxylic acids is 1. The largest absolute Gasteiger partial charge is 0.480 e. The molecule has 1 saturated carbocycles. The number of carbonyl (C=O) groups is 1. The van der Waals surface area contributed by atoms with Gasteiger partial charge in [-0.25, -0.2) is 0 Å². The summed E-state index contributed by atoms with van der Waals surface area (Å²) in [5.74, 6) is 0.204. The van der Waals surface area contributed by atoms with E-state index in [0.29, 0.717) is 0 Å². The molecule has 0 atom stereocenters. The molecule has 16 heavy (non-hydrogen) atoms. The molecule has 1 aliphatic heterocycles. The van der Waals surface area contributed by atoms with Gasteiger partial charge >= 0.3 is 5.97 Å². The van der Waals surface area contributed by atoms with Crippen LogP contribution in [0.15, 0.2) is 0 Å². The number of nitrogens with zero attached hydrogens (tertiary/aromatic N) is 2. The Balaban J connectivity index is 1.66. The van der Waals surface area contributed by atoms with Gasteiger partial charge in [0.15, 0.2) is 0 Å². The molecule has 0 amide bonds. The fourth-order valence-corrected chi connectivity index (χ4v) is 2.88. The molecule has 2 aliphatic rings. The van der Waals surface area contributed by atoms with Crippen LogP contribution in [0.5, 0.6) is 0 Å². The minimum Gasteiger partial charge on any atom is -0.480 e. The summed E-state index contributed by atoms with van der Waals surface area (Å²) in [5, 5.41) is 8.71. The van der Waals surface area contributed by atoms with Crippen molar-refractivity contribution in [2.45, 2.75) is 25.7 Å². The summed E-state index contributed by atoms with van der Waals surface area (Å²) < 4.78 is 0. The fraction of sp³-hybridized carbons (Fsp3) is 0.917. The molecule has 1 saturated heterocycles. The van der Waals surface area contributed by atoms with Gasteiger partial charge < -0.3 is 10.0 Å². The highest BCUT2D eigenvalue weighted by Crippen LogP contribution is 2.25. The van der Waals surface area contributed by atoms with Crippen molar-refractivity contribution in [2.75, 3.05) is 39.3 Å². The minimum absolute atomic E-state index is 0.206. The Morgan fingerprint density at radius 1 is 1.06 bits per heavy atom. The summed E-state index contributed by atoms with van der Waals surface area (Å²) in [5.41, 5.74) is 0. The summed E-state index contributed by atoms with van der Waals surface area (Å²) in [6.07, 6.45) is 5.61. The van der Waals surface area contributed by atoms with Crippen molar-refractivity contribution in [1.29, 1.82) is 0 Å². The molecule has 1 N–H and O–H groups in total. The zero-order chi connectivity index (χ0) is 11.4.